The standard InChI is InChI=1S/C11H14Si/c12-11-7-6-10(11)8-9-4-2-1-3-5-9/h1-6,11H,7-8H2,12H3. The summed E-state index contributed by atoms with van der Waals surface area (Å²) in [4.78, 5) is 0. The second-order valence-corrected chi connectivity index (χ2v) is 4.97. The van der Waals surface area contributed by atoms with Gasteiger partial charge in [-0.3, -0.25) is 0 Å². The fourth-order valence-corrected chi connectivity index (χ4v) is 2.27. The van der Waals surface area contributed by atoms with E-state index < -0.39 is 0 Å². The van der Waals surface area contributed by atoms with Crippen LogP contribution in [0, 0.1) is 0 Å². The summed E-state index contributed by atoms with van der Waals surface area (Å²) < 4.78 is 0. The summed E-state index contributed by atoms with van der Waals surface area (Å²) in [7, 11) is 1.33. The van der Waals surface area contributed by atoms with Crippen LogP contribution in [0.25, 0.3) is 0 Å². The van der Waals surface area contributed by atoms with Gasteiger partial charge in [0.25, 0.3) is 0 Å². The van der Waals surface area contributed by atoms with Crippen molar-refractivity contribution in [1.82, 2.24) is 0 Å². The SMILES string of the molecule is [SiH3]C1CC=C1Cc1ccccc1. The number of rotatable bonds is 2. The van der Waals surface area contributed by atoms with Gasteiger partial charge in [-0.05, 0) is 23.9 Å². The second-order valence-electron chi connectivity index (χ2n) is 3.58. The minimum Gasteiger partial charge on any atom is -0.0848 e. The highest BCUT2D eigenvalue weighted by Gasteiger charge is 2.15. The average molecular weight is 174 g/mol. The van der Waals surface area contributed by atoms with E-state index in [2.05, 4.69) is 36.4 Å². The van der Waals surface area contributed by atoms with E-state index in [1.807, 2.05) is 0 Å². The van der Waals surface area contributed by atoms with E-state index in [1.54, 1.807) is 5.57 Å². The largest absolute Gasteiger partial charge is 0.0848 e. The van der Waals surface area contributed by atoms with Gasteiger partial charge in [-0.2, -0.15) is 0 Å². The molecule has 1 aliphatic carbocycles. The van der Waals surface area contributed by atoms with Crippen molar-refractivity contribution in [2.75, 3.05) is 0 Å². The lowest BCUT2D eigenvalue weighted by Crippen LogP contribution is -2.08. The molecule has 0 aromatic heterocycles. The first-order valence-electron chi connectivity index (χ1n) is 4.59. The Balaban J connectivity index is 2.05. The Kier molecular flexibility index (Phi) is 2.13. The summed E-state index contributed by atoms with van der Waals surface area (Å²) >= 11 is 0. The zero-order valence-corrected chi connectivity index (χ0v) is 9.46. The predicted octanol–water partition coefficient (Wildman–Crippen LogP) is 1.71. The maximum atomic E-state index is 2.39. The molecule has 0 saturated carbocycles. The van der Waals surface area contributed by atoms with Gasteiger partial charge in [-0.25, -0.2) is 0 Å². The van der Waals surface area contributed by atoms with Crippen LogP contribution in [0.5, 0.6) is 0 Å². The Hall–Kier alpha value is -0.823. The molecule has 0 heterocycles. The van der Waals surface area contributed by atoms with Gasteiger partial charge in [0.1, 0.15) is 0 Å². The van der Waals surface area contributed by atoms with E-state index in [9.17, 15) is 0 Å². The lowest BCUT2D eigenvalue weighted by molar-refractivity contribution is 0.826. The topological polar surface area (TPSA) is 0 Å². The van der Waals surface area contributed by atoms with Crippen molar-refractivity contribution in [1.29, 1.82) is 0 Å². The Bertz CT molecular complexity index is 287. The van der Waals surface area contributed by atoms with E-state index in [4.69, 9.17) is 0 Å². The molecule has 0 bridgehead atoms. The molecule has 0 radical (unpaired) electrons. The maximum absolute atomic E-state index is 2.39. The Labute approximate surface area is 76.7 Å². The molecule has 1 unspecified atom stereocenters. The van der Waals surface area contributed by atoms with Crippen LogP contribution >= 0.6 is 0 Å². The highest BCUT2D eigenvalue weighted by molar-refractivity contribution is 6.14. The van der Waals surface area contributed by atoms with Crippen LogP contribution < -0.4 is 0 Å². The molecule has 0 amide bonds. The van der Waals surface area contributed by atoms with E-state index in [0.29, 0.717) is 0 Å². The van der Waals surface area contributed by atoms with Crippen molar-refractivity contribution in [3.05, 3.63) is 47.5 Å². The minimum absolute atomic E-state index is 0.963. The Morgan fingerprint density at radius 1 is 1.25 bits per heavy atom. The summed E-state index contributed by atoms with van der Waals surface area (Å²) in [6.45, 7) is 0. The molecule has 1 heteroatoms. The third-order valence-corrected chi connectivity index (χ3v) is 3.83. The molecule has 12 heavy (non-hydrogen) atoms. The monoisotopic (exact) mass is 174 g/mol. The lowest BCUT2D eigenvalue weighted by Gasteiger charge is -2.23. The number of benzene rings is 1. The van der Waals surface area contributed by atoms with Crippen molar-refractivity contribution in [2.24, 2.45) is 0 Å². The van der Waals surface area contributed by atoms with Gasteiger partial charge in [-0.15, -0.1) is 0 Å². The van der Waals surface area contributed by atoms with Crippen LogP contribution in [0.2, 0.25) is 5.54 Å². The van der Waals surface area contributed by atoms with Crippen molar-refractivity contribution < 1.29 is 0 Å². The van der Waals surface area contributed by atoms with Crippen molar-refractivity contribution in [3.8, 4) is 0 Å². The molecule has 0 fully saturated rings. The summed E-state index contributed by atoms with van der Waals surface area (Å²) in [5.41, 5.74) is 4.10. The number of hydrogen-bond donors (Lipinski definition) is 0. The lowest BCUT2D eigenvalue weighted by atomic mass is 9.92. The van der Waals surface area contributed by atoms with Crippen molar-refractivity contribution in [3.63, 3.8) is 0 Å². The van der Waals surface area contributed by atoms with Crippen LogP contribution in [-0.2, 0) is 6.42 Å². The molecule has 1 aromatic rings. The van der Waals surface area contributed by atoms with E-state index >= 15 is 0 Å². The molecule has 62 valence electrons. The van der Waals surface area contributed by atoms with Crippen LogP contribution in [0.4, 0.5) is 0 Å². The second kappa shape index (κ2) is 3.28. The zero-order valence-electron chi connectivity index (χ0n) is 7.46. The summed E-state index contributed by atoms with van der Waals surface area (Å²) in [5, 5.41) is 0. The molecular formula is C11H14Si. The number of allylic oxidation sites excluding steroid dienone is 2. The van der Waals surface area contributed by atoms with Crippen LogP contribution in [0.3, 0.4) is 0 Å². The molecule has 0 saturated heterocycles. The Morgan fingerprint density at radius 3 is 2.50 bits per heavy atom. The molecule has 0 aliphatic heterocycles. The van der Waals surface area contributed by atoms with Gasteiger partial charge < -0.3 is 0 Å². The van der Waals surface area contributed by atoms with Gasteiger partial charge in [0, 0.05) is 10.2 Å². The fourth-order valence-electron chi connectivity index (χ4n) is 1.60. The molecular weight excluding hydrogens is 160 g/mol. The molecule has 1 aliphatic rings. The van der Waals surface area contributed by atoms with Crippen LogP contribution in [0.15, 0.2) is 42.0 Å². The maximum Gasteiger partial charge on any atom is 0.0122 e. The van der Waals surface area contributed by atoms with Crippen LogP contribution in [0.1, 0.15) is 12.0 Å². The molecule has 2 rings (SSSR count). The normalized spacial score (nSPS) is 21.7. The predicted molar refractivity (Wildman–Crippen MR) is 56.5 cm³/mol. The molecule has 1 atom stereocenters. The highest BCUT2D eigenvalue weighted by atomic mass is 28.1. The summed E-state index contributed by atoms with van der Waals surface area (Å²) in [5.74, 6) is 0. The molecule has 0 N–H and O–H groups in total. The molecule has 1 aromatic carbocycles. The van der Waals surface area contributed by atoms with Gasteiger partial charge in [0.15, 0.2) is 0 Å². The summed E-state index contributed by atoms with van der Waals surface area (Å²) in [6, 6.07) is 10.8. The van der Waals surface area contributed by atoms with Gasteiger partial charge in [0.05, 0.1) is 0 Å². The smallest absolute Gasteiger partial charge is 0.0122 e. The first-order chi connectivity index (χ1) is 5.86. The van der Waals surface area contributed by atoms with Gasteiger partial charge >= 0.3 is 0 Å². The van der Waals surface area contributed by atoms with Crippen LogP contribution in [-0.4, -0.2) is 10.2 Å². The summed E-state index contributed by atoms with van der Waals surface area (Å²) in [6.07, 6.45) is 4.92. The van der Waals surface area contributed by atoms with Gasteiger partial charge in [0.2, 0.25) is 0 Å². The highest BCUT2D eigenvalue weighted by Crippen LogP contribution is 2.31. The number of hydrogen-bond acceptors (Lipinski definition) is 0. The van der Waals surface area contributed by atoms with Crippen molar-refractivity contribution in [2.45, 2.75) is 18.4 Å². The van der Waals surface area contributed by atoms with Crippen molar-refractivity contribution >= 4 is 10.2 Å². The average Bonchev–Trinajstić information content (AvgIpc) is 2.14. The Morgan fingerprint density at radius 2 is 2.00 bits per heavy atom. The third kappa shape index (κ3) is 1.51. The first kappa shape index (κ1) is 7.81. The van der Waals surface area contributed by atoms with E-state index in [1.165, 1.54) is 28.6 Å². The molecule has 0 spiro atoms. The fraction of sp³-hybridized carbons (Fsp3) is 0.273. The van der Waals surface area contributed by atoms with E-state index in [-0.39, 0.29) is 0 Å². The third-order valence-electron chi connectivity index (χ3n) is 2.62. The quantitative estimate of drug-likeness (QED) is 0.473. The minimum atomic E-state index is 0.963. The first-order valence-corrected chi connectivity index (χ1v) is 5.74. The zero-order chi connectivity index (χ0) is 8.39. The van der Waals surface area contributed by atoms with Gasteiger partial charge in [-0.1, -0.05) is 42.0 Å². The molecule has 0 nitrogen and oxygen atoms in total. The van der Waals surface area contributed by atoms with E-state index in [0.717, 1.165) is 5.54 Å².